The molecule has 0 saturated carbocycles. The van der Waals surface area contributed by atoms with Crippen LogP contribution in [0, 0.1) is 11.3 Å². The number of anilines is 1. The summed E-state index contributed by atoms with van der Waals surface area (Å²) in [4.78, 5) is 6.62. The molecule has 2 heterocycles. The van der Waals surface area contributed by atoms with Crippen LogP contribution in [0.15, 0.2) is 12.4 Å². The van der Waals surface area contributed by atoms with Crippen molar-refractivity contribution >= 4 is 11.8 Å². The lowest BCUT2D eigenvalue weighted by atomic mass is 9.97. The average molecular weight is 221 g/mol. The predicted molar refractivity (Wildman–Crippen MR) is 64.8 cm³/mol. The molecule has 5 nitrogen and oxygen atoms in total. The Morgan fingerprint density at radius 3 is 3.19 bits per heavy atom. The first-order chi connectivity index (χ1) is 7.72. The Bertz CT molecular complexity index is 370. The largest absolute Gasteiger partial charge is 0.387 e. The van der Waals surface area contributed by atoms with Gasteiger partial charge in [0.2, 0.25) is 5.95 Å². The zero-order valence-corrected chi connectivity index (χ0v) is 9.69. The van der Waals surface area contributed by atoms with Gasteiger partial charge in [0, 0.05) is 37.9 Å². The molecule has 0 bridgehead atoms. The molecular formula is C11H19N5. The van der Waals surface area contributed by atoms with Crippen LogP contribution in [0.1, 0.15) is 19.8 Å². The van der Waals surface area contributed by atoms with Gasteiger partial charge < -0.3 is 15.2 Å². The topological polar surface area (TPSA) is 70.9 Å². The minimum Gasteiger partial charge on any atom is -0.387 e. The van der Waals surface area contributed by atoms with Crippen molar-refractivity contribution in [1.29, 1.82) is 5.41 Å². The second-order valence-electron chi connectivity index (χ2n) is 4.25. The van der Waals surface area contributed by atoms with E-state index < -0.39 is 0 Å². The summed E-state index contributed by atoms with van der Waals surface area (Å²) < 4.78 is 2.13. The van der Waals surface area contributed by atoms with Crippen molar-refractivity contribution in [1.82, 2.24) is 9.55 Å². The van der Waals surface area contributed by atoms with Crippen molar-refractivity contribution in [3.05, 3.63) is 12.4 Å². The van der Waals surface area contributed by atoms with Crippen LogP contribution in [0.25, 0.3) is 0 Å². The number of rotatable bonds is 3. The molecule has 1 unspecified atom stereocenters. The van der Waals surface area contributed by atoms with Crippen LogP contribution < -0.4 is 10.6 Å². The van der Waals surface area contributed by atoms with E-state index in [1.54, 1.807) is 0 Å². The number of piperidine rings is 1. The first-order valence-corrected chi connectivity index (χ1v) is 5.82. The number of aryl methyl sites for hydroxylation is 1. The van der Waals surface area contributed by atoms with E-state index in [1.807, 2.05) is 12.4 Å². The van der Waals surface area contributed by atoms with Crippen molar-refractivity contribution in [2.45, 2.75) is 26.3 Å². The zero-order valence-electron chi connectivity index (χ0n) is 9.69. The smallest absolute Gasteiger partial charge is 0.205 e. The molecule has 3 N–H and O–H groups in total. The Hall–Kier alpha value is -1.52. The third kappa shape index (κ3) is 2.03. The van der Waals surface area contributed by atoms with Gasteiger partial charge in [0.25, 0.3) is 0 Å². The molecule has 0 spiro atoms. The number of nitrogens with two attached hydrogens (primary N) is 1. The van der Waals surface area contributed by atoms with Gasteiger partial charge in [0.15, 0.2) is 0 Å². The molecule has 0 aromatic carbocycles. The molecule has 88 valence electrons. The molecule has 1 fully saturated rings. The summed E-state index contributed by atoms with van der Waals surface area (Å²) >= 11 is 0. The molecule has 1 aliphatic rings. The van der Waals surface area contributed by atoms with Gasteiger partial charge in [-0.3, -0.25) is 5.41 Å². The number of aromatic nitrogens is 2. The van der Waals surface area contributed by atoms with Crippen LogP contribution in [-0.4, -0.2) is 28.5 Å². The zero-order chi connectivity index (χ0) is 11.5. The summed E-state index contributed by atoms with van der Waals surface area (Å²) in [5.41, 5.74) is 5.58. The molecule has 1 aromatic heterocycles. The van der Waals surface area contributed by atoms with Crippen molar-refractivity contribution in [2.24, 2.45) is 11.7 Å². The van der Waals surface area contributed by atoms with E-state index in [1.165, 1.54) is 0 Å². The lowest BCUT2D eigenvalue weighted by molar-refractivity contribution is 0.490. The fourth-order valence-corrected chi connectivity index (χ4v) is 2.24. The molecule has 2 rings (SSSR count). The minimum absolute atomic E-state index is 0.191. The van der Waals surface area contributed by atoms with Gasteiger partial charge in [-0.1, -0.05) is 0 Å². The Kier molecular flexibility index (Phi) is 3.12. The lowest BCUT2D eigenvalue weighted by Gasteiger charge is -2.33. The Morgan fingerprint density at radius 2 is 2.50 bits per heavy atom. The van der Waals surface area contributed by atoms with E-state index in [0.29, 0.717) is 5.84 Å². The number of hydrogen-bond donors (Lipinski definition) is 2. The molecule has 0 amide bonds. The monoisotopic (exact) mass is 221 g/mol. The molecule has 0 radical (unpaired) electrons. The fourth-order valence-electron chi connectivity index (χ4n) is 2.24. The van der Waals surface area contributed by atoms with Crippen molar-refractivity contribution in [2.75, 3.05) is 18.0 Å². The molecule has 16 heavy (non-hydrogen) atoms. The Morgan fingerprint density at radius 1 is 1.69 bits per heavy atom. The first-order valence-electron chi connectivity index (χ1n) is 5.82. The Balaban J connectivity index is 2.12. The van der Waals surface area contributed by atoms with Crippen LogP contribution in [-0.2, 0) is 6.54 Å². The molecule has 1 aliphatic heterocycles. The van der Waals surface area contributed by atoms with Gasteiger partial charge in [-0.15, -0.1) is 0 Å². The first kappa shape index (κ1) is 11.0. The summed E-state index contributed by atoms with van der Waals surface area (Å²) in [6, 6.07) is 0. The average Bonchev–Trinajstić information content (AvgIpc) is 2.77. The summed E-state index contributed by atoms with van der Waals surface area (Å²) in [5, 5.41) is 7.53. The number of amidine groups is 1. The van der Waals surface area contributed by atoms with Gasteiger partial charge in [0.05, 0.1) is 5.84 Å². The molecule has 5 heteroatoms. The van der Waals surface area contributed by atoms with Crippen LogP contribution in [0.3, 0.4) is 0 Å². The fraction of sp³-hybridized carbons (Fsp3) is 0.636. The number of nitrogens with zero attached hydrogens (tertiary/aromatic N) is 3. The number of nitrogens with one attached hydrogen (secondary N) is 1. The highest BCUT2D eigenvalue weighted by molar-refractivity contribution is 5.80. The lowest BCUT2D eigenvalue weighted by Crippen LogP contribution is -2.42. The highest BCUT2D eigenvalue weighted by Crippen LogP contribution is 2.21. The third-order valence-corrected chi connectivity index (χ3v) is 3.18. The van der Waals surface area contributed by atoms with Crippen LogP contribution in [0.4, 0.5) is 5.95 Å². The van der Waals surface area contributed by atoms with Gasteiger partial charge in [-0.2, -0.15) is 0 Å². The van der Waals surface area contributed by atoms with Crippen LogP contribution in [0.2, 0.25) is 0 Å². The third-order valence-electron chi connectivity index (χ3n) is 3.18. The van der Waals surface area contributed by atoms with Gasteiger partial charge >= 0.3 is 0 Å². The highest BCUT2D eigenvalue weighted by atomic mass is 15.3. The molecule has 1 saturated heterocycles. The summed E-state index contributed by atoms with van der Waals surface area (Å²) in [6.07, 6.45) is 5.93. The minimum atomic E-state index is 0.191. The van der Waals surface area contributed by atoms with Crippen molar-refractivity contribution in [3.63, 3.8) is 0 Å². The van der Waals surface area contributed by atoms with Gasteiger partial charge in [-0.25, -0.2) is 4.98 Å². The van der Waals surface area contributed by atoms with Crippen molar-refractivity contribution < 1.29 is 0 Å². The molecular weight excluding hydrogens is 202 g/mol. The summed E-state index contributed by atoms with van der Waals surface area (Å²) in [6.45, 7) is 4.88. The maximum Gasteiger partial charge on any atom is 0.205 e. The highest BCUT2D eigenvalue weighted by Gasteiger charge is 2.24. The predicted octanol–water partition coefficient (Wildman–Crippen LogP) is 1.06. The van der Waals surface area contributed by atoms with E-state index in [2.05, 4.69) is 21.4 Å². The SMILES string of the molecule is CCn1ccnc1N1CCCC(C(=N)N)C1. The summed E-state index contributed by atoms with van der Waals surface area (Å²) in [7, 11) is 0. The molecule has 1 atom stereocenters. The van der Waals surface area contributed by atoms with E-state index in [9.17, 15) is 0 Å². The van der Waals surface area contributed by atoms with Crippen LogP contribution >= 0.6 is 0 Å². The van der Waals surface area contributed by atoms with E-state index >= 15 is 0 Å². The quantitative estimate of drug-likeness (QED) is 0.592. The second-order valence-corrected chi connectivity index (χ2v) is 4.25. The van der Waals surface area contributed by atoms with Crippen molar-refractivity contribution in [3.8, 4) is 0 Å². The van der Waals surface area contributed by atoms with E-state index in [-0.39, 0.29) is 5.92 Å². The van der Waals surface area contributed by atoms with E-state index in [4.69, 9.17) is 11.1 Å². The normalized spacial score (nSPS) is 21.1. The Labute approximate surface area is 95.8 Å². The number of imidazole rings is 1. The summed E-state index contributed by atoms with van der Waals surface area (Å²) in [5.74, 6) is 1.50. The molecule has 0 aliphatic carbocycles. The molecule has 1 aromatic rings. The number of hydrogen-bond acceptors (Lipinski definition) is 3. The van der Waals surface area contributed by atoms with Gasteiger partial charge in [-0.05, 0) is 19.8 Å². The maximum absolute atomic E-state index is 7.53. The van der Waals surface area contributed by atoms with Gasteiger partial charge in [0.1, 0.15) is 0 Å². The maximum atomic E-state index is 7.53. The standard InChI is InChI=1S/C11H19N5/c1-2-15-7-5-14-11(15)16-6-3-4-9(8-16)10(12)13/h5,7,9H,2-4,6,8H2,1H3,(H3,12,13). The second kappa shape index (κ2) is 4.55. The van der Waals surface area contributed by atoms with E-state index in [0.717, 1.165) is 38.4 Å². The van der Waals surface area contributed by atoms with Crippen LogP contribution in [0.5, 0.6) is 0 Å².